The summed E-state index contributed by atoms with van der Waals surface area (Å²) in [6.45, 7) is 5.70. The van der Waals surface area contributed by atoms with E-state index in [1.54, 1.807) is 0 Å². The molecule has 1 aromatic rings. The third-order valence-corrected chi connectivity index (χ3v) is 4.20. The molecule has 0 aliphatic carbocycles. The largest absolute Gasteiger partial charge is 0.309 e. The van der Waals surface area contributed by atoms with E-state index in [-0.39, 0.29) is 0 Å². The molecule has 98 valence electrons. The van der Waals surface area contributed by atoms with Crippen molar-refractivity contribution in [3.05, 3.63) is 22.4 Å². The Bertz CT molecular complexity index is 256. The molecular weight excluding hydrogens is 226 g/mol. The van der Waals surface area contributed by atoms with E-state index in [2.05, 4.69) is 36.7 Å². The molecule has 0 fully saturated rings. The highest BCUT2D eigenvalue weighted by Crippen LogP contribution is 2.21. The predicted octanol–water partition coefficient (Wildman–Crippen LogP) is 5.15. The summed E-state index contributed by atoms with van der Waals surface area (Å²) in [6.07, 6.45) is 9.47. The minimum atomic E-state index is 0.575. The number of hydrogen-bond donors (Lipinski definition) is 1. The average Bonchev–Trinajstić information content (AvgIpc) is 2.86. The topological polar surface area (TPSA) is 12.0 Å². The van der Waals surface area contributed by atoms with E-state index in [0.29, 0.717) is 6.04 Å². The molecule has 2 heteroatoms. The van der Waals surface area contributed by atoms with Crippen LogP contribution in [0.1, 0.15) is 69.7 Å². The van der Waals surface area contributed by atoms with Gasteiger partial charge in [0.15, 0.2) is 0 Å². The first-order valence-corrected chi connectivity index (χ1v) is 8.03. The van der Waals surface area contributed by atoms with E-state index < -0.39 is 0 Å². The van der Waals surface area contributed by atoms with Gasteiger partial charge in [-0.15, -0.1) is 11.3 Å². The molecule has 17 heavy (non-hydrogen) atoms. The van der Waals surface area contributed by atoms with Gasteiger partial charge in [0.2, 0.25) is 0 Å². The smallest absolute Gasteiger partial charge is 0.0412 e. The summed E-state index contributed by atoms with van der Waals surface area (Å²) in [4.78, 5) is 1.48. The summed E-state index contributed by atoms with van der Waals surface area (Å²) in [5, 5.41) is 5.84. The lowest BCUT2D eigenvalue weighted by Gasteiger charge is -2.15. The molecule has 0 aromatic carbocycles. The number of nitrogens with one attached hydrogen (secondary N) is 1. The zero-order valence-electron chi connectivity index (χ0n) is 11.4. The van der Waals surface area contributed by atoms with Crippen LogP contribution < -0.4 is 5.32 Å². The maximum atomic E-state index is 3.67. The van der Waals surface area contributed by atoms with Gasteiger partial charge in [0.25, 0.3) is 0 Å². The first-order valence-electron chi connectivity index (χ1n) is 7.15. The summed E-state index contributed by atoms with van der Waals surface area (Å²) in [5.74, 6) is 0. The van der Waals surface area contributed by atoms with Crippen LogP contribution in [0.2, 0.25) is 0 Å². The van der Waals surface area contributed by atoms with Crippen molar-refractivity contribution in [3.8, 4) is 0 Å². The summed E-state index contributed by atoms with van der Waals surface area (Å²) in [5.41, 5.74) is 0. The highest BCUT2D eigenvalue weighted by Gasteiger charge is 2.08. The molecule has 1 N–H and O–H groups in total. The zero-order valence-corrected chi connectivity index (χ0v) is 12.2. The summed E-state index contributed by atoms with van der Waals surface area (Å²) in [6, 6.07) is 4.97. The first-order chi connectivity index (χ1) is 8.38. The van der Waals surface area contributed by atoms with Crippen LogP contribution in [0.15, 0.2) is 17.5 Å². The Morgan fingerprint density at radius 2 is 1.88 bits per heavy atom. The molecule has 0 aliphatic heterocycles. The SMILES string of the molecule is CCCCCCCCNC(CC)c1cccs1. The van der Waals surface area contributed by atoms with Gasteiger partial charge in [0.05, 0.1) is 0 Å². The van der Waals surface area contributed by atoms with E-state index >= 15 is 0 Å². The maximum absolute atomic E-state index is 3.67. The van der Waals surface area contributed by atoms with Gasteiger partial charge < -0.3 is 5.32 Å². The quantitative estimate of drug-likeness (QED) is 0.569. The molecule has 1 atom stereocenters. The van der Waals surface area contributed by atoms with E-state index in [4.69, 9.17) is 0 Å². The van der Waals surface area contributed by atoms with Crippen molar-refractivity contribution in [2.75, 3.05) is 6.54 Å². The van der Waals surface area contributed by atoms with Crippen molar-refractivity contribution in [2.45, 2.75) is 64.8 Å². The Morgan fingerprint density at radius 1 is 1.12 bits per heavy atom. The fourth-order valence-corrected chi connectivity index (χ4v) is 3.00. The minimum Gasteiger partial charge on any atom is -0.309 e. The maximum Gasteiger partial charge on any atom is 0.0412 e. The van der Waals surface area contributed by atoms with Crippen LogP contribution in [-0.4, -0.2) is 6.54 Å². The van der Waals surface area contributed by atoms with Gasteiger partial charge >= 0.3 is 0 Å². The molecule has 1 heterocycles. The molecule has 1 unspecified atom stereocenters. The molecule has 1 aromatic heterocycles. The van der Waals surface area contributed by atoms with Crippen LogP contribution in [0.5, 0.6) is 0 Å². The van der Waals surface area contributed by atoms with Gasteiger partial charge in [-0.05, 0) is 30.8 Å². The fraction of sp³-hybridized carbons (Fsp3) is 0.733. The Hall–Kier alpha value is -0.340. The second-order valence-corrected chi connectivity index (χ2v) is 5.68. The highest BCUT2D eigenvalue weighted by molar-refractivity contribution is 7.10. The molecule has 0 spiro atoms. The molecule has 0 saturated heterocycles. The first kappa shape index (κ1) is 14.7. The van der Waals surface area contributed by atoms with Crippen LogP contribution in [0.4, 0.5) is 0 Å². The van der Waals surface area contributed by atoms with Crippen molar-refractivity contribution in [3.63, 3.8) is 0 Å². The number of unbranched alkanes of at least 4 members (excludes halogenated alkanes) is 5. The van der Waals surface area contributed by atoms with Gasteiger partial charge in [-0.25, -0.2) is 0 Å². The van der Waals surface area contributed by atoms with Gasteiger partial charge in [0.1, 0.15) is 0 Å². The van der Waals surface area contributed by atoms with Crippen molar-refractivity contribution < 1.29 is 0 Å². The fourth-order valence-electron chi connectivity index (χ4n) is 2.12. The van der Waals surface area contributed by atoms with E-state index in [1.165, 1.54) is 56.4 Å². The van der Waals surface area contributed by atoms with Crippen molar-refractivity contribution in [2.24, 2.45) is 0 Å². The lowest BCUT2D eigenvalue weighted by molar-refractivity contribution is 0.498. The third kappa shape index (κ3) is 6.23. The second-order valence-electron chi connectivity index (χ2n) is 4.70. The number of hydrogen-bond acceptors (Lipinski definition) is 2. The Labute approximate surface area is 111 Å². The van der Waals surface area contributed by atoms with E-state index in [1.807, 2.05) is 11.3 Å². The lowest BCUT2D eigenvalue weighted by Crippen LogP contribution is -2.21. The van der Waals surface area contributed by atoms with Gasteiger partial charge in [-0.3, -0.25) is 0 Å². The summed E-state index contributed by atoms with van der Waals surface area (Å²) in [7, 11) is 0. The van der Waals surface area contributed by atoms with Gasteiger partial charge in [-0.2, -0.15) is 0 Å². The molecule has 0 amide bonds. The molecule has 0 radical (unpaired) electrons. The van der Waals surface area contributed by atoms with Crippen LogP contribution in [0.25, 0.3) is 0 Å². The molecular formula is C15H27NS. The van der Waals surface area contributed by atoms with Gasteiger partial charge in [0, 0.05) is 10.9 Å². The molecule has 1 nitrogen and oxygen atoms in total. The third-order valence-electron chi connectivity index (χ3n) is 3.22. The van der Waals surface area contributed by atoms with Crippen LogP contribution in [-0.2, 0) is 0 Å². The summed E-state index contributed by atoms with van der Waals surface area (Å²) >= 11 is 1.87. The minimum absolute atomic E-state index is 0.575. The van der Waals surface area contributed by atoms with Gasteiger partial charge in [-0.1, -0.05) is 52.0 Å². The van der Waals surface area contributed by atoms with E-state index in [0.717, 1.165) is 0 Å². The number of thiophene rings is 1. The Kier molecular flexibility index (Phi) is 8.37. The molecule has 0 aliphatic rings. The highest BCUT2D eigenvalue weighted by atomic mass is 32.1. The van der Waals surface area contributed by atoms with Crippen LogP contribution in [0, 0.1) is 0 Å². The monoisotopic (exact) mass is 253 g/mol. The van der Waals surface area contributed by atoms with Crippen molar-refractivity contribution in [1.82, 2.24) is 5.32 Å². The van der Waals surface area contributed by atoms with Crippen molar-refractivity contribution >= 4 is 11.3 Å². The number of rotatable bonds is 10. The average molecular weight is 253 g/mol. The zero-order chi connectivity index (χ0) is 12.3. The second kappa shape index (κ2) is 9.67. The lowest BCUT2D eigenvalue weighted by atomic mass is 10.1. The van der Waals surface area contributed by atoms with E-state index in [9.17, 15) is 0 Å². The standard InChI is InChI=1S/C15H27NS/c1-3-5-6-7-8-9-12-16-14(4-2)15-11-10-13-17-15/h10-11,13-14,16H,3-9,12H2,1-2H3. The Balaban J connectivity index is 2.04. The predicted molar refractivity (Wildman–Crippen MR) is 78.7 cm³/mol. The van der Waals surface area contributed by atoms with Crippen molar-refractivity contribution in [1.29, 1.82) is 0 Å². The Morgan fingerprint density at radius 3 is 2.53 bits per heavy atom. The van der Waals surface area contributed by atoms with Crippen LogP contribution >= 0.6 is 11.3 Å². The molecule has 0 saturated carbocycles. The van der Waals surface area contributed by atoms with Crippen LogP contribution in [0.3, 0.4) is 0 Å². The molecule has 1 rings (SSSR count). The normalized spacial score (nSPS) is 12.8. The molecule has 0 bridgehead atoms. The summed E-state index contributed by atoms with van der Waals surface area (Å²) < 4.78 is 0.